The van der Waals surface area contributed by atoms with Crippen molar-refractivity contribution in [3.8, 4) is 34.2 Å². The number of amides is 1. The van der Waals surface area contributed by atoms with Crippen LogP contribution in [0, 0.1) is 11.3 Å². The number of benzene rings is 2. The SMILES string of the molecule is N#Cc1c(-c2cccc(NC(=O)C[C@H](N)C(=O)[O-])c2)cc(-c2ccccc2O)nc1N.[Cl-].[Na+].[Na+]. The molecule has 1 heterocycles. The van der Waals surface area contributed by atoms with Gasteiger partial charge in [-0.1, -0.05) is 24.3 Å². The number of carbonyl (C=O) groups is 2. The van der Waals surface area contributed by atoms with Crippen LogP contribution in [-0.4, -0.2) is 28.0 Å². The number of nitriles is 1. The van der Waals surface area contributed by atoms with Gasteiger partial charge in [-0.3, -0.25) is 4.79 Å². The smallest absolute Gasteiger partial charge is 1.00 e. The quantitative estimate of drug-likeness (QED) is 0.242. The minimum atomic E-state index is -1.52. The van der Waals surface area contributed by atoms with Crippen LogP contribution in [-0.2, 0) is 9.59 Å². The number of aromatic hydroxyl groups is 1. The maximum absolute atomic E-state index is 12.0. The fourth-order valence-electron chi connectivity index (χ4n) is 3.00. The van der Waals surface area contributed by atoms with Crippen molar-refractivity contribution in [2.24, 2.45) is 5.73 Å². The normalized spacial score (nSPS) is 10.4. The number of carboxylic acids is 1. The fourth-order valence-corrected chi connectivity index (χ4v) is 3.00. The predicted molar refractivity (Wildman–Crippen MR) is 112 cm³/mol. The van der Waals surface area contributed by atoms with E-state index in [1.54, 1.807) is 48.5 Å². The monoisotopic (exact) mass is 497 g/mol. The largest absolute Gasteiger partial charge is 1.00 e. The zero-order valence-electron chi connectivity index (χ0n) is 18.6. The van der Waals surface area contributed by atoms with E-state index in [1.165, 1.54) is 6.07 Å². The van der Waals surface area contributed by atoms with Crippen molar-refractivity contribution in [2.75, 3.05) is 11.1 Å². The van der Waals surface area contributed by atoms with Crippen molar-refractivity contribution in [3.05, 3.63) is 60.2 Å². The topological polar surface area (TPSA) is 178 Å². The molecule has 0 bridgehead atoms. The zero-order chi connectivity index (χ0) is 22.5. The van der Waals surface area contributed by atoms with Crippen molar-refractivity contribution in [3.63, 3.8) is 0 Å². The molecule has 0 saturated heterocycles. The van der Waals surface area contributed by atoms with Gasteiger partial charge in [-0.25, -0.2) is 4.98 Å². The summed E-state index contributed by atoms with van der Waals surface area (Å²) in [6.07, 6.45) is -0.449. The van der Waals surface area contributed by atoms with E-state index in [-0.39, 0.29) is 88.7 Å². The first kappa shape index (κ1) is 31.9. The van der Waals surface area contributed by atoms with Gasteiger partial charge in [-0.05, 0) is 35.9 Å². The molecule has 0 saturated carbocycles. The molecule has 34 heavy (non-hydrogen) atoms. The van der Waals surface area contributed by atoms with Crippen LogP contribution >= 0.6 is 0 Å². The van der Waals surface area contributed by atoms with Gasteiger partial charge in [0.2, 0.25) is 5.91 Å². The summed E-state index contributed by atoms with van der Waals surface area (Å²) < 4.78 is 0. The number of para-hydroxylation sites is 1. The Morgan fingerprint density at radius 3 is 2.41 bits per heavy atom. The first-order chi connectivity index (χ1) is 14.8. The predicted octanol–water partition coefficient (Wildman–Crippen LogP) is -8.01. The molecule has 1 aromatic heterocycles. The van der Waals surface area contributed by atoms with E-state index in [2.05, 4.69) is 10.3 Å². The van der Waals surface area contributed by atoms with E-state index in [0.29, 0.717) is 28.1 Å². The zero-order valence-corrected chi connectivity index (χ0v) is 23.3. The van der Waals surface area contributed by atoms with Crippen LogP contribution in [0.5, 0.6) is 5.75 Å². The Balaban J connectivity index is 0.00000363. The van der Waals surface area contributed by atoms with Gasteiger partial charge in [0.15, 0.2) is 0 Å². The number of phenols is 1. The van der Waals surface area contributed by atoms with Crippen molar-refractivity contribution >= 4 is 23.4 Å². The van der Waals surface area contributed by atoms with Gasteiger partial charge >= 0.3 is 59.1 Å². The average molecular weight is 498 g/mol. The van der Waals surface area contributed by atoms with Crippen LogP contribution in [0.1, 0.15) is 12.0 Å². The molecule has 0 aliphatic carbocycles. The van der Waals surface area contributed by atoms with Gasteiger partial charge in [0.25, 0.3) is 0 Å². The second-order valence-electron chi connectivity index (χ2n) is 6.70. The summed E-state index contributed by atoms with van der Waals surface area (Å²) >= 11 is 0. The second-order valence-corrected chi connectivity index (χ2v) is 6.70. The number of nitrogens with one attached hydrogen (secondary N) is 1. The van der Waals surface area contributed by atoms with Gasteiger partial charge in [0.1, 0.15) is 23.2 Å². The molecule has 164 valence electrons. The number of aliphatic carboxylic acids is 1. The number of pyridine rings is 1. The Labute approximate surface area is 246 Å². The molecule has 0 fully saturated rings. The summed E-state index contributed by atoms with van der Waals surface area (Å²) in [6.45, 7) is 0. The van der Waals surface area contributed by atoms with Crippen LogP contribution < -0.4 is 93.4 Å². The molecule has 0 radical (unpaired) electrons. The van der Waals surface area contributed by atoms with Crippen molar-refractivity contribution in [1.82, 2.24) is 4.98 Å². The molecule has 0 aliphatic heterocycles. The second kappa shape index (κ2) is 14.3. The third-order valence-electron chi connectivity index (χ3n) is 4.50. The summed E-state index contributed by atoms with van der Waals surface area (Å²) in [5.41, 5.74) is 13.7. The molecular weight excluding hydrogens is 480 g/mol. The Bertz CT molecular complexity index is 1220. The van der Waals surface area contributed by atoms with Crippen molar-refractivity contribution in [2.45, 2.75) is 12.5 Å². The molecule has 1 amide bonds. The van der Waals surface area contributed by atoms with E-state index in [0.717, 1.165) is 0 Å². The molecule has 0 unspecified atom stereocenters. The number of hydrogen-bond donors (Lipinski definition) is 4. The Morgan fingerprint density at radius 2 is 1.79 bits per heavy atom. The number of rotatable bonds is 6. The number of carbonyl (C=O) groups excluding carboxylic acids is 2. The van der Waals surface area contributed by atoms with Crippen LogP contribution in [0.15, 0.2) is 54.6 Å². The molecule has 1 atom stereocenters. The average Bonchev–Trinajstić information content (AvgIpc) is 2.73. The molecule has 2 aromatic carbocycles. The van der Waals surface area contributed by atoms with Crippen molar-refractivity contribution in [1.29, 1.82) is 5.26 Å². The third kappa shape index (κ3) is 7.70. The van der Waals surface area contributed by atoms with Gasteiger partial charge in [-0.2, -0.15) is 5.26 Å². The Hall–Kier alpha value is -2.13. The molecule has 0 aliphatic rings. The van der Waals surface area contributed by atoms with Crippen LogP contribution in [0.25, 0.3) is 22.4 Å². The van der Waals surface area contributed by atoms with E-state index in [4.69, 9.17) is 11.5 Å². The minimum absolute atomic E-state index is 0. The number of anilines is 2. The number of nitrogens with zero attached hydrogens (tertiary/aromatic N) is 2. The molecule has 9 nitrogen and oxygen atoms in total. The maximum Gasteiger partial charge on any atom is 1.00 e. The van der Waals surface area contributed by atoms with Gasteiger partial charge < -0.3 is 44.2 Å². The Morgan fingerprint density at radius 1 is 1.12 bits per heavy atom. The summed E-state index contributed by atoms with van der Waals surface area (Å²) in [5, 5.41) is 33.0. The standard InChI is InChI=1S/C22H19N5O4.ClH.2Na/c23-11-16-15(9-18(27-21(16)25)14-6-1-2-7-19(14)28)12-4-3-5-13(8-12)26-20(29)10-17(24)22(30)31;;;/h1-9,17,28H,10,24H2,(H2,25,27)(H,26,29)(H,30,31);1H;;/q;;2*+1/p-2/t17-;;;/m0.../s1. The first-order valence-corrected chi connectivity index (χ1v) is 9.16. The number of nitrogens with two attached hydrogens (primary N) is 2. The number of nitrogen functional groups attached to an aromatic ring is 1. The van der Waals surface area contributed by atoms with Crippen LogP contribution in [0.2, 0.25) is 0 Å². The van der Waals surface area contributed by atoms with E-state index in [9.17, 15) is 25.1 Å². The number of phenolic OH excluding ortho intramolecular Hbond substituents is 1. The summed E-state index contributed by atoms with van der Waals surface area (Å²) in [6, 6.07) is 15.4. The van der Waals surface area contributed by atoms with Gasteiger partial charge in [0, 0.05) is 23.2 Å². The van der Waals surface area contributed by atoms with E-state index < -0.39 is 24.3 Å². The van der Waals surface area contributed by atoms with Crippen LogP contribution in [0.4, 0.5) is 11.5 Å². The maximum atomic E-state index is 12.0. The van der Waals surface area contributed by atoms with Gasteiger partial charge in [0.05, 0.1) is 17.7 Å². The summed E-state index contributed by atoms with van der Waals surface area (Å²) in [7, 11) is 0. The fraction of sp³-hybridized carbons (Fsp3) is 0.0909. The van der Waals surface area contributed by atoms with E-state index in [1.807, 2.05) is 6.07 Å². The first-order valence-electron chi connectivity index (χ1n) is 9.16. The van der Waals surface area contributed by atoms with Crippen LogP contribution in [0.3, 0.4) is 0 Å². The van der Waals surface area contributed by atoms with Gasteiger partial charge in [-0.15, -0.1) is 0 Å². The molecule has 3 rings (SSSR count). The number of aromatic nitrogens is 1. The summed E-state index contributed by atoms with van der Waals surface area (Å²) in [4.78, 5) is 27.0. The van der Waals surface area contributed by atoms with E-state index >= 15 is 0 Å². The minimum Gasteiger partial charge on any atom is -1.00 e. The Kier molecular flexibility index (Phi) is 13.4. The molecule has 3 aromatic rings. The van der Waals surface area contributed by atoms with Crippen molar-refractivity contribution < 1.29 is 91.3 Å². The molecule has 12 heteroatoms. The third-order valence-corrected chi connectivity index (χ3v) is 4.50. The molecule has 0 spiro atoms. The molecular formula is C22H18ClN5Na2O4. The number of halogens is 1. The number of hydrogen-bond acceptors (Lipinski definition) is 8. The number of carboxylic acid groups (broad SMARTS) is 1. The molecule has 6 N–H and O–H groups in total. The summed E-state index contributed by atoms with van der Waals surface area (Å²) in [5.74, 6) is -2.12.